The summed E-state index contributed by atoms with van der Waals surface area (Å²) >= 11 is 6.71. The molecular formula is C24H15ClO. The molecule has 4 aromatic carbocycles. The SMILES string of the molecule is Clc1ccc2oc3ccccc3c2c1-c1ccccc1-c1ccccc1. The van der Waals surface area contributed by atoms with Gasteiger partial charge >= 0.3 is 0 Å². The van der Waals surface area contributed by atoms with E-state index < -0.39 is 0 Å². The molecule has 1 aromatic heterocycles. The van der Waals surface area contributed by atoms with E-state index in [1.807, 2.05) is 36.4 Å². The summed E-state index contributed by atoms with van der Waals surface area (Å²) in [6.07, 6.45) is 0. The number of furan rings is 1. The van der Waals surface area contributed by atoms with E-state index >= 15 is 0 Å². The molecule has 0 radical (unpaired) electrons. The molecule has 5 aromatic rings. The van der Waals surface area contributed by atoms with Crippen LogP contribution in [0.15, 0.2) is 95.4 Å². The summed E-state index contributed by atoms with van der Waals surface area (Å²) < 4.78 is 6.06. The second-order valence-electron chi connectivity index (χ2n) is 6.31. The number of para-hydroxylation sites is 1. The molecule has 124 valence electrons. The van der Waals surface area contributed by atoms with Crippen LogP contribution in [0.4, 0.5) is 0 Å². The first-order chi connectivity index (χ1) is 12.8. The molecule has 1 heterocycles. The number of halogens is 1. The van der Waals surface area contributed by atoms with Crippen LogP contribution < -0.4 is 0 Å². The summed E-state index contributed by atoms with van der Waals surface area (Å²) in [5.41, 5.74) is 6.20. The number of fused-ring (bicyclic) bond motifs is 3. The van der Waals surface area contributed by atoms with Gasteiger partial charge in [-0.3, -0.25) is 0 Å². The molecule has 0 saturated heterocycles. The van der Waals surface area contributed by atoms with Crippen molar-refractivity contribution in [1.29, 1.82) is 0 Å². The van der Waals surface area contributed by atoms with Crippen LogP contribution in [0, 0.1) is 0 Å². The lowest BCUT2D eigenvalue weighted by Gasteiger charge is -2.13. The fraction of sp³-hybridized carbons (Fsp3) is 0. The van der Waals surface area contributed by atoms with Gasteiger partial charge in [0.15, 0.2) is 0 Å². The van der Waals surface area contributed by atoms with Gasteiger partial charge in [-0.2, -0.15) is 0 Å². The molecule has 5 rings (SSSR count). The molecular weight excluding hydrogens is 340 g/mol. The summed E-state index contributed by atoms with van der Waals surface area (Å²) in [6, 6.07) is 30.8. The second kappa shape index (κ2) is 6.05. The van der Waals surface area contributed by atoms with E-state index in [0.717, 1.165) is 43.7 Å². The zero-order valence-electron chi connectivity index (χ0n) is 13.9. The van der Waals surface area contributed by atoms with Crippen molar-refractivity contribution in [3.63, 3.8) is 0 Å². The first-order valence-electron chi connectivity index (χ1n) is 8.57. The maximum Gasteiger partial charge on any atom is 0.136 e. The van der Waals surface area contributed by atoms with Crippen molar-refractivity contribution >= 4 is 33.5 Å². The van der Waals surface area contributed by atoms with Gasteiger partial charge in [0.25, 0.3) is 0 Å². The molecule has 1 nitrogen and oxygen atoms in total. The zero-order chi connectivity index (χ0) is 17.5. The molecule has 0 amide bonds. The summed E-state index contributed by atoms with van der Waals surface area (Å²) in [5.74, 6) is 0. The van der Waals surface area contributed by atoms with Gasteiger partial charge in [0, 0.05) is 21.4 Å². The summed E-state index contributed by atoms with van der Waals surface area (Å²) in [5, 5.41) is 2.88. The van der Waals surface area contributed by atoms with Crippen molar-refractivity contribution in [3.8, 4) is 22.3 Å². The maximum absolute atomic E-state index is 6.71. The predicted octanol–water partition coefficient (Wildman–Crippen LogP) is 7.57. The number of rotatable bonds is 2. The Morgan fingerprint density at radius 1 is 0.577 bits per heavy atom. The third-order valence-corrected chi connectivity index (χ3v) is 5.09. The average Bonchev–Trinajstić information content (AvgIpc) is 3.07. The third-order valence-electron chi connectivity index (χ3n) is 4.77. The Labute approximate surface area is 156 Å². The molecule has 0 fully saturated rings. The van der Waals surface area contributed by atoms with Gasteiger partial charge in [-0.1, -0.05) is 84.4 Å². The van der Waals surface area contributed by atoms with Crippen LogP contribution in [-0.2, 0) is 0 Å². The Bertz CT molecular complexity index is 1240. The molecule has 0 N–H and O–H groups in total. The smallest absolute Gasteiger partial charge is 0.136 e. The minimum absolute atomic E-state index is 0.729. The average molecular weight is 355 g/mol. The zero-order valence-corrected chi connectivity index (χ0v) is 14.7. The molecule has 0 bridgehead atoms. The summed E-state index contributed by atoms with van der Waals surface area (Å²) in [6.45, 7) is 0. The Morgan fingerprint density at radius 3 is 2.12 bits per heavy atom. The number of hydrogen-bond donors (Lipinski definition) is 0. The highest BCUT2D eigenvalue weighted by Crippen LogP contribution is 2.43. The molecule has 0 aliphatic rings. The van der Waals surface area contributed by atoms with E-state index in [1.54, 1.807) is 0 Å². The normalized spacial score (nSPS) is 11.3. The van der Waals surface area contributed by atoms with Crippen LogP contribution in [0.1, 0.15) is 0 Å². The van der Waals surface area contributed by atoms with Crippen LogP contribution in [0.2, 0.25) is 5.02 Å². The van der Waals surface area contributed by atoms with Gasteiger partial charge in [0.1, 0.15) is 11.2 Å². The molecule has 26 heavy (non-hydrogen) atoms. The van der Waals surface area contributed by atoms with Crippen LogP contribution in [-0.4, -0.2) is 0 Å². The van der Waals surface area contributed by atoms with E-state index in [-0.39, 0.29) is 0 Å². The molecule has 0 atom stereocenters. The van der Waals surface area contributed by atoms with Crippen molar-refractivity contribution in [3.05, 3.63) is 96.0 Å². The fourth-order valence-corrected chi connectivity index (χ4v) is 3.88. The number of benzene rings is 4. The highest BCUT2D eigenvalue weighted by atomic mass is 35.5. The standard InChI is InChI=1S/C24H15ClO/c25-20-14-15-22-24(19-12-6-7-13-21(19)26-22)23(20)18-11-5-4-10-17(18)16-8-2-1-3-9-16/h1-15H. The van der Waals surface area contributed by atoms with Gasteiger partial charge in [0.05, 0.1) is 0 Å². The van der Waals surface area contributed by atoms with E-state index in [9.17, 15) is 0 Å². The van der Waals surface area contributed by atoms with Gasteiger partial charge < -0.3 is 4.42 Å². The molecule has 0 aliphatic carbocycles. The lowest BCUT2D eigenvalue weighted by Crippen LogP contribution is -1.87. The van der Waals surface area contributed by atoms with Gasteiger partial charge in [-0.05, 0) is 34.9 Å². The lowest BCUT2D eigenvalue weighted by atomic mass is 9.92. The summed E-state index contributed by atoms with van der Waals surface area (Å²) in [4.78, 5) is 0. The van der Waals surface area contributed by atoms with Gasteiger partial charge in [-0.25, -0.2) is 0 Å². The van der Waals surface area contributed by atoms with Crippen molar-refractivity contribution in [2.45, 2.75) is 0 Å². The second-order valence-corrected chi connectivity index (χ2v) is 6.71. The Morgan fingerprint density at radius 2 is 1.27 bits per heavy atom. The first-order valence-corrected chi connectivity index (χ1v) is 8.95. The van der Waals surface area contributed by atoms with Crippen molar-refractivity contribution in [2.75, 3.05) is 0 Å². The molecule has 0 aliphatic heterocycles. The molecule has 0 saturated carbocycles. The molecule has 0 spiro atoms. The molecule has 0 unspecified atom stereocenters. The lowest BCUT2D eigenvalue weighted by molar-refractivity contribution is 0.669. The molecule has 2 heteroatoms. The van der Waals surface area contributed by atoms with Crippen LogP contribution in [0.3, 0.4) is 0 Å². The summed E-state index contributed by atoms with van der Waals surface area (Å²) in [7, 11) is 0. The van der Waals surface area contributed by atoms with Crippen LogP contribution in [0.5, 0.6) is 0 Å². The van der Waals surface area contributed by atoms with Crippen LogP contribution >= 0.6 is 11.6 Å². The van der Waals surface area contributed by atoms with E-state index in [4.69, 9.17) is 16.0 Å². The maximum atomic E-state index is 6.71. The van der Waals surface area contributed by atoms with Crippen molar-refractivity contribution < 1.29 is 4.42 Å². The van der Waals surface area contributed by atoms with E-state index in [1.165, 1.54) is 5.56 Å². The highest BCUT2D eigenvalue weighted by molar-refractivity contribution is 6.36. The van der Waals surface area contributed by atoms with Crippen LogP contribution in [0.25, 0.3) is 44.2 Å². The first kappa shape index (κ1) is 15.2. The minimum atomic E-state index is 0.729. The monoisotopic (exact) mass is 354 g/mol. The topological polar surface area (TPSA) is 13.1 Å². The Balaban J connectivity index is 1.91. The van der Waals surface area contributed by atoms with Gasteiger partial charge in [-0.15, -0.1) is 0 Å². The highest BCUT2D eigenvalue weighted by Gasteiger charge is 2.18. The third kappa shape index (κ3) is 2.33. The van der Waals surface area contributed by atoms with Gasteiger partial charge in [0.2, 0.25) is 0 Å². The van der Waals surface area contributed by atoms with Crippen molar-refractivity contribution in [1.82, 2.24) is 0 Å². The Hall–Kier alpha value is -3.03. The van der Waals surface area contributed by atoms with E-state index in [0.29, 0.717) is 0 Å². The Kier molecular flexibility index (Phi) is 3.55. The predicted molar refractivity (Wildman–Crippen MR) is 110 cm³/mol. The largest absolute Gasteiger partial charge is 0.456 e. The minimum Gasteiger partial charge on any atom is -0.456 e. The van der Waals surface area contributed by atoms with Crippen molar-refractivity contribution in [2.24, 2.45) is 0 Å². The quantitative estimate of drug-likeness (QED) is 0.318. The number of hydrogen-bond acceptors (Lipinski definition) is 1. The van der Waals surface area contributed by atoms with E-state index in [2.05, 4.69) is 54.6 Å². The fourth-order valence-electron chi connectivity index (χ4n) is 3.63.